The molecule has 0 aliphatic rings. The number of guanidine groups is 1. The molecule has 2 aromatic rings. The molecule has 0 fully saturated rings. The van der Waals surface area contributed by atoms with Gasteiger partial charge in [0.05, 0.1) is 20.3 Å². The molecule has 0 bridgehead atoms. The molecule has 0 saturated heterocycles. The maximum absolute atomic E-state index is 8.89. The first-order valence-electron chi connectivity index (χ1n) is 9.14. The lowest BCUT2D eigenvalue weighted by molar-refractivity contribution is 0.196. The van der Waals surface area contributed by atoms with Crippen molar-refractivity contribution in [3.63, 3.8) is 0 Å². The number of methoxy groups -OCH3 is 1. The van der Waals surface area contributed by atoms with Crippen molar-refractivity contribution < 1.29 is 14.6 Å². The van der Waals surface area contributed by atoms with Crippen LogP contribution in [0.25, 0.3) is 0 Å². The fourth-order valence-corrected chi connectivity index (χ4v) is 2.61. The number of nitrogens with zero attached hydrogens (tertiary/aromatic N) is 1. The summed E-state index contributed by atoms with van der Waals surface area (Å²) >= 11 is 0. The van der Waals surface area contributed by atoms with Crippen LogP contribution in [0.3, 0.4) is 0 Å². The second-order valence-corrected chi connectivity index (χ2v) is 6.10. The van der Waals surface area contributed by atoms with E-state index in [1.165, 1.54) is 11.1 Å². The number of ether oxygens (including phenoxy) is 2. The third kappa shape index (κ3) is 7.93. The number of aliphatic imine (C=N–C) groups is 1. The highest BCUT2D eigenvalue weighted by Gasteiger charge is 2.06. The first kappa shape index (κ1) is 24.0. The van der Waals surface area contributed by atoms with Crippen LogP contribution in [0.2, 0.25) is 0 Å². The molecule has 0 aromatic heterocycles. The van der Waals surface area contributed by atoms with Crippen molar-refractivity contribution in [1.82, 2.24) is 10.6 Å². The Labute approximate surface area is 184 Å². The van der Waals surface area contributed by atoms with E-state index in [2.05, 4.69) is 40.7 Å². The molecule has 6 nitrogen and oxygen atoms in total. The lowest BCUT2D eigenvalue weighted by Gasteiger charge is -2.14. The smallest absolute Gasteiger partial charge is 0.191 e. The highest BCUT2D eigenvalue weighted by molar-refractivity contribution is 14.0. The molecule has 2 aromatic carbocycles. The molecule has 0 spiro atoms. The zero-order valence-corrected chi connectivity index (χ0v) is 19.0. The molecule has 0 unspecified atom stereocenters. The van der Waals surface area contributed by atoms with Gasteiger partial charge in [-0.25, -0.2) is 4.99 Å². The average Bonchev–Trinajstić information content (AvgIpc) is 2.68. The fourth-order valence-electron chi connectivity index (χ4n) is 2.61. The normalized spacial score (nSPS) is 10.8. The predicted molar refractivity (Wildman–Crippen MR) is 124 cm³/mol. The summed E-state index contributed by atoms with van der Waals surface area (Å²) in [5.74, 6) is 2.03. The van der Waals surface area contributed by atoms with Crippen molar-refractivity contribution in [3.8, 4) is 11.5 Å². The van der Waals surface area contributed by atoms with Crippen LogP contribution in [-0.2, 0) is 13.1 Å². The van der Waals surface area contributed by atoms with Crippen LogP contribution in [0.15, 0.2) is 47.5 Å². The third-order valence-corrected chi connectivity index (χ3v) is 3.88. The summed E-state index contributed by atoms with van der Waals surface area (Å²) in [7, 11) is 1.60. The third-order valence-electron chi connectivity index (χ3n) is 3.88. The van der Waals surface area contributed by atoms with E-state index in [0.717, 1.165) is 18.1 Å². The number of hydrogen-bond acceptors (Lipinski definition) is 4. The van der Waals surface area contributed by atoms with Gasteiger partial charge in [0.25, 0.3) is 0 Å². The van der Waals surface area contributed by atoms with Gasteiger partial charge in [-0.2, -0.15) is 0 Å². The minimum atomic E-state index is -0.0318. The van der Waals surface area contributed by atoms with Crippen molar-refractivity contribution in [3.05, 3.63) is 59.2 Å². The Bertz CT molecular complexity index is 753. The van der Waals surface area contributed by atoms with Gasteiger partial charge in [0.2, 0.25) is 0 Å². The van der Waals surface area contributed by atoms with E-state index in [9.17, 15) is 0 Å². The van der Waals surface area contributed by atoms with Crippen LogP contribution in [0.4, 0.5) is 0 Å². The summed E-state index contributed by atoms with van der Waals surface area (Å²) in [6, 6.07) is 14.1. The number of halogens is 1. The molecule has 3 N–H and O–H groups in total. The molecule has 2 rings (SSSR count). The van der Waals surface area contributed by atoms with E-state index in [4.69, 9.17) is 14.6 Å². The molecule has 7 heteroatoms. The molecular formula is C21H30IN3O3. The maximum atomic E-state index is 8.89. The van der Waals surface area contributed by atoms with Gasteiger partial charge in [0.1, 0.15) is 6.61 Å². The first-order chi connectivity index (χ1) is 13.2. The monoisotopic (exact) mass is 499 g/mol. The van der Waals surface area contributed by atoms with Crippen LogP contribution in [0, 0.1) is 6.92 Å². The van der Waals surface area contributed by atoms with E-state index in [0.29, 0.717) is 24.6 Å². The number of hydrogen-bond donors (Lipinski definition) is 3. The summed E-state index contributed by atoms with van der Waals surface area (Å²) in [5.41, 5.74) is 3.46. The number of benzene rings is 2. The summed E-state index contributed by atoms with van der Waals surface area (Å²) in [6.45, 7) is 6.35. The Balaban J connectivity index is 0.00000392. The average molecular weight is 499 g/mol. The van der Waals surface area contributed by atoms with Crippen LogP contribution < -0.4 is 20.1 Å². The minimum Gasteiger partial charge on any atom is -0.493 e. The van der Waals surface area contributed by atoms with E-state index in [-0.39, 0.29) is 37.2 Å². The number of aliphatic hydroxyl groups is 1. The van der Waals surface area contributed by atoms with Crippen LogP contribution in [0.5, 0.6) is 11.5 Å². The molecule has 0 atom stereocenters. The largest absolute Gasteiger partial charge is 0.493 e. The lowest BCUT2D eigenvalue weighted by atomic mass is 10.1. The van der Waals surface area contributed by atoms with Gasteiger partial charge >= 0.3 is 0 Å². The van der Waals surface area contributed by atoms with Crippen LogP contribution in [-0.4, -0.2) is 37.9 Å². The molecule has 0 aliphatic carbocycles. The van der Waals surface area contributed by atoms with Crippen molar-refractivity contribution in [1.29, 1.82) is 0 Å². The Morgan fingerprint density at radius 2 is 1.89 bits per heavy atom. The fraction of sp³-hybridized carbons (Fsp3) is 0.381. The van der Waals surface area contributed by atoms with Crippen molar-refractivity contribution in [2.24, 2.45) is 4.99 Å². The van der Waals surface area contributed by atoms with Crippen molar-refractivity contribution in [2.45, 2.75) is 26.9 Å². The second kappa shape index (κ2) is 13.2. The Morgan fingerprint density at radius 1 is 1.07 bits per heavy atom. The molecule has 0 heterocycles. The van der Waals surface area contributed by atoms with Gasteiger partial charge in [-0.3, -0.25) is 0 Å². The predicted octanol–water partition coefficient (Wildman–Crippen LogP) is 3.25. The van der Waals surface area contributed by atoms with Crippen molar-refractivity contribution >= 4 is 29.9 Å². The van der Waals surface area contributed by atoms with E-state index in [1.54, 1.807) is 7.11 Å². The molecule has 0 saturated carbocycles. The Morgan fingerprint density at radius 3 is 2.57 bits per heavy atom. The van der Waals surface area contributed by atoms with Crippen molar-refractivity contribution in [2.75, 3.05) is 26.9 Å². The highest BCUT2D eigenvalue weighted by Crippen LogP contribution is 2.27. The molecule has 0 radical (unpaired) electrons. The minimum absolute atomic E-state index is 0. The van der Waals surface area contributed by atoms with Gasteiger partial charge in [-0.15, -0.1) is 24.0 Å². The van der Waals surface area contributed by atoms with Crippen LogP contribution in [0.1, 0.15) is 23.6 Å². The molecule has 28 heavy (non-hydrogen) atoms. The molecule has 154 valence electrons. The van der Waals surface area contributed by atoms with Gasteiger partial charge in [0.15, 0.2) is 17.5 Å². The molecule has 0 aliphatic heterocycles. The van der Waals surface area contributed by atoms with E-state index in [1.807, 2.05) is 31.2 Å². The highest BCUT2D eigenvalue weighted by atomic mass is 127. The van der Waals surface area contributed by atoms with Crippen LogP contribution >= 0.6 is 24.0 Å². The SMILES string of the molecule is CCNC(=NCc1cccc(C)c1)NCc1ccc(OCCO)c(OC)c1.I. The maximum Gasteiger partial charge on any atom is 0.191 e. The van der Waals surface area contributed by atoms with Gasteiger partial charge in [0, 0.05) is 13.1 Å². The molecule has 0 amide bonds. The number of aliphatic hydroxyl groups excluding tert-OH is 1. The van der Waals surface area contributed by atoms with Gasteiger partial charge in [-0.05, 0) is 37.1 Å². The number of nitrogens with one attached hydrogen (secondary N) is 2. The summed E-state index contributed by atoms with van der Waals surface area (Å²) < 4.78 is 10.8. The summed E-state index contributed by atoms with van der Waals surface area (Å²) in [5, 5.41) is 15.5. The zero-order valence-electron chi connectivity index (χ0n) is 16.7. The Kier molecular flexibility index (Phi) is 11.4. The van der Waals surface area contributed by atoms with Gasteiger partial charge in [-0.1, -0.05) is 35.9 Å². The van der Waals surface area contributed by atoms with Gasteiger partial charge < -0.3 is 25.2 Å². The zero-order chi connectivity index (χ0) is 19.5. The number of rotatable bonds is 9. The second-order valence-electron chi connectivity index (χ2n) is 6.10. The summed E-state index contributed by atoms with van der Waals surface area (Å²) in [4.78, 5) is 4.65. The molecular weight excluding hydrogens is 469 g/mol. The first-order valence-corrected chi connectivity index (χ1v) is 9.14. The topological polar surface area (TPSA) is 75.1 Å². The summed E-state index contributed by atoms with van der Waals surface area (Å²) in [6.07, 6.45) is 0. The lowest BCUT2D eigenvalue weighted by Crippen LogP contribution is -2.36. The quantitative estimate of drug-likeness (QED) is 0.281. The van der Waals surface area contributed by atoms with E-state index >= 15 is 0 Å². The Hall–Kier alpha value is -2.00. The standard InChI is InChI=1S/C21H29N3O3.HI/c1-4-22-21(23-14-17-7-5-6-16(2)12-17)24-15-18-8-9-19(27-11-10-25)20(13-18)26-3;/h5-9,12-13,25H,4,10-11,14-15H2,1-3H3,(H2,22,23,24);1H. The number of aryl methyl sites for hydroxylation is 1. The van der Waals surface area contributed by atoms with E-state index < -0.39 is 0 Å².